The summed E-state index contributed by atoms with van der Waals surface area (Å²) in [5.74, 6) is -0.543. The second-order valence-corrected chi connectivity index (χ2v) is 9.32. The van der Waals surface area contributed by atoms with Crippen LogP contribution in [0.4, 0.5) is 17.1 Å². The first-order chi connectivity index (χ1) is 15.7. The molecule has 2 rings (SSSR count). The molecule has 0 fully saturated rings. The first kappa shape index (κ1) is 26.3. The molecule has 2 aromatic carbocycles. The monoisotopic (exact) mass is 474 g/mol. The fraction of sp³-hybridized carbons (Fsp3) is 0.417. The lowest BCUT2D eigenvalue weighted by Gasteiger charge is -2.26. The van der Waals surface area contributed by atoms with Gasteiger partial charge in [0, 0.05) is 43.9 Å². The summed E-state index contributed by atoms with van der Waals surface area (Å²) in [5.41, 5.74) is 2.03. The number of hydrogen-bond acceptors (Lipinski definition) is 5. The zero-order valence-corrected chi connectivity index (χ0v) is 20.8. The van der Waals surface area contributed by atoms with Crippen LogP contribution in [-0.2, 0) is 14.8 Å². The van der Waals surface area contributed by atoms with Gasteiger partial charge in [0.25, 0.3) is 5.91 Å². The average molecular weight is 475 g/mol. The fourth-order valence-corrected chi connectivity index (χ4v) is 5.00. The number of sulfonamides is 1. The summed E-state index contributed by atoms with van der Waals surface area (Å²) in [5, 5.41) is 5.62. The van der Waals surface area contributed by atoms with Gasteiger partial charge in [-0.25, -0.2) is 8.42 Å². The van der Waals surface area contributed by atoms with Crippen LogP contribution < -0.4 is 15.5 Å². The summed E-state index contributed by atoms with van der Waals surface area (Å²) >= 11 is 0. The molecule has 0 heterocycles. The van der Waals surface area contributed by atoms with Crippen molar-refractivity contribution >= 4 is 38.9 Å². The Labute approximate surface area is 197 Å². The zero-order valence-electron chi connectivity index (χ0n) is 20.0. The molecule has 0 radical (unpaired) electrons. The van der Waals surface area contributed by atoms with Crippen molar-refractivity contribution in [3.8, 4) is 0 Å². The molecule has 0 aromatic heterocycles. The molecular formula is C24H34N4O4S. The number of amides is 2. The Bertz CT molecular complexity index is 1080. The molecule has 2 aromatic rings. The predicted octanol–water partition coefficient (Wildman–Crippen LogP) is 4.16. The Morgan fingerprint density at radius 2 is 1.52 bits per heavy atom. The third-order valence-corrected chi connectivity index (χ3v) is 7.44. The number of rotatable bonds is 11. The molecule has 2 N–H and O–H groups in total. The number of nitrogens with zero attached hydrogens (tertiary/aromatic N) is 2. The SMILES string of the molecule is CCC(=O)Nc1cccc(C(=O)Nc2cc(S(=O)(=O)N(CC)CC)ccc2N(CC)CC)c1. The topological polar surface area (TPSA) is 98.8 Å². The molecule has 0 spiro atoms. The van der Waals surface area contributed by atoms with Crippen LogP contribution in [0.1, 0.15) is 51.4 Å². The lowest BCUT2D eigenvalue weighted by Crippen LogP contribution is -2.31. The average Bonchev–Trinajstić information content (AvgIpc) is 2.81. The van der Waals surface area contributed by atoms with E-state index in [1.807, 2.05) is 18.7 Å². The molecule has 180 valence electrons. The van der Waals surface area contributed by atoms with E-state index in [0.29, 0.717) is 49.5 Å². The zero-order chi connectivity index (χ0) is 24.6. The molecule has 8 nitrogen and oxygen atoms in total. The highest BCUT2D eigenvalue weighted by atomic mass is 32.2. The Balaban J connectivity index is 2.47. The normalized spacial score (nSPS) is 11.3. The van der Waals surface area contributed by atoms with Crippen LogP contribution in [0, 0.1) is 0 Å². The third-order valence-electron chi connectivity index (χ3n) is 5.39. The lowest BCUT2D eigenvalue weighted by molar-refractivity contribution is -0.115. The number of carbonyl (C=O) groups is 2. The molecule has 0 aliphatic heterocycles. The minimum atomic E-state index is -3.69. The van der Waals surface area contributed by atoms with Crippen molar-refractivity contribution in [2.45, 2.75) is 45.9 Å². The van der Waals surface area contributed by atoms with Crippen molar-refractivity contribution < 1.29 is 18.0 Å². The molecule has 0 atom stereocenters. The maximum atomic E-state index is 13.1. The van der Waals surface area contributed by atoms with E-state index in [4.69, 9.17) is 0 Å². The standard InChI is InChI=1S/C24H34N4O4S/c1-6-23(29)25-19-13-11-12-18(16-19)24(30)26-21-17-20(33(31,32)28(9-4)10-5)14-15-22(21)27(7-2)8-3/h11-17H,6-10H2,1-5H3,(H,25,29)(H,26,30). The summed E-state index contributed by atoms with van der Waals surface area (Å²) in [7, 11) is -3.69. The Kier molecular flexibility index (Phi) is 9.43. The highest BCUT2D eigenvalue weighted by molar-refractivity contribution is 7.89. The highest BCUT2D eigenvalue weighted by Gasteiger charge is 2.24. The number of anilines is 3. The molecule has 0 saturated carbocycles. The summed E-state index contributed by atoms with van der Waals surface area (Å²) < 4.78 is 27.5. The summed E-state index contributed by atoms with van der Waals surface area (Å²) in [6, 6.07) is 11.5. The van der Waals surface area contributed by atoms with E-state index in [2.05, 4.69) is 10.6 Å². The first-order valence-corrected chi connectivity index (χ1v) is 12.8. The van der Waals surface area contributed by atoms with Gasteiger partial charge in [-0.05, 0) is 50.2 Å². The van der Waals surface area contributed by atoms with Crippen LogP contribution in [-0.4, -0.2) is 50.7 Å². The van der Waals surface area contributed by atoms with Gasteiger partial charge in [0.15, 0.2) is 0 Å². The number of nitrogens with one attached hydrogen (secondary N) is 2. The predicted molar refractivity (Wildman–Crippen MR) is 133 cm³/mol. The van der Waals surface area contributed by atoms with E-state index in [1.54, 1.807) is 57.2 Å². The smallest absolute Gasteiger partial charge is 0.255 e. The van der Waals surface area contributed by atoms with Crippen LogP contribution >= 0.6 is 0 Å². The molecule has 33 heavy (non-hydrogen) atoms. The maximum Gasteiger partial charge on any atom is 0.255 e. The van der Waals surface area contributed by atoms with E-state index in [9.17, 15) is 18.0 Å². The van der Waals surface area contributed by atoms with Crippen molar-refractivity contribution in [1.82, 2.24) is 4.31 Å². The van der Waals surface area contributed by atoms with Gasteiger partial charge in [-0.1, -0.05) is 26.8 Å². The third kappa shape index (κ3) is 6.33. The van der Waals surface area contributed by atoms with E-state index in [1.165, 1.54) is 10.4 Å². The quantitative estimate of drug-likeness (QED) is 0.509. The van der Waals surface area contributed by atoms with Gasteiger partial charge in [-0.3, -0.25) is 9.59 Å². The molecule has 0 aliphatic rings. The van der Waals surface area contributed by atoms with Gasteiger partial charge in [0.05, 0.1) is 16.3 Å². The van der Waals surface area contributed by atoms with Gasteiger partial charge >= 0.3 is 0 Å². The van der Waals surface area contributed by atoms with Gasteiger partial charge in [-0.15, -0.1) is 0 Å². The van der Waals surface area contributed by atoms with Crippen molar-refractivity contribution in [2.75, 3.05) is 41.7 Å². The molecular weight excluding hydrogens is 440 g/mol. The maximum absolute atomic E-state index is 13.1. The Morgan fingerprint density at radius 1 is 0.848 bits per heavy atom. The van der Waals surface area contributed by atoms with Gasteiger partial charge in [-0.2, -0.15) is 4.31 Å². The van der Waals surface area contributed by atoms with Crippen molar-refractivity contribution in [2.24, 2.45) is 0 Å². The summed E-state index contributed by atoms with van der Waals surface area (Å²) in [6.07, 6.45) is 0.331. The summed E-state index contributed by atoms with van der Waals surface area (Å²) in [6.45, 7) is 11.4. The Hall–Kier alpha value is -2.91. The van der Waals surface area contributed by atoms with E-state index in [0.717, 1.165) is 5.69 Å². The number of hydrogen-bond donors (Lipinski definition) is 2. The van der Waals surface area contributed by atoms with E-state index < -0.39 is 15.9 Å². The van der Waals surface area contributed by atoms with Gasteiger partial charge in [0.2, 0.25) is 15.9 Å². The highest BCUT2D eigenvalue weighted by Crippen LogP contribution is 2.31. The van der Waals surface area contributed by atoms with Crippen LogP contribution in [0.2, 0.25) is 0 Å². The van der Waals surface area contributed by atoms with Gasteiger partial charge < -0.3 is 15.5 Å². The van der Waals surface area contributed by atoms with E-state index >= 15 is 0 Å². The van der Waals surface area contributed by atoms with Crippen LogP contribution in [0.5, 0.6) is 0 Å². The van der Waals surface area contributed by atoms with Crippen LogP contribution in [0.15, 0.2) is 47.4 Å². The minimum Gasteiger partial charge on any atom is -0.370 e. The fourth-order valence-electron chi connectivity index (χ4n) is 3.51. The molecule has 0 bridgehead atoms. The molecule has 0 aliphatic carbocycles. The Morgan fingerprint density at radius 3 is 2.09 bits per heavy atom. The van der Waals surface area contributed by atoms with Crippen molar-refractivity contribution in [3.05, 3.63) is 48.0 Å². The largest absolute Gasteiger partial charge is 0.370 e. The summed E-state index contributed by atoms with van der Waals surface area (Å²) in [4.78, 5) is 26.9. The second kappa shape index (κ2) is 11.8. The lowest BCUT2D eigenvalue weighted by atomic mass is 10.1. The first-order valence-electron chi connectivity index (χ1n) is 11.3. The van der Waals surface area contributed by atoms with Gasteiger partial charge in [0.1, 0.15) is 0 Å². The molecule has 2 amide bonds. The second-order valence-electron chi connectivity index (χ2n) is 7.38. The van der Waals surface area contributed by atoms with Crippen molar-refractivity contribution in [3.63, 3.8) is 0 Å². The van der Waals surface area contributed by atoms with Crippen molar-refractivity contribution in [1.29, 1.82) is 0 Å². The van der Waals surface area contributed by atoms with Crippen LogP contribution in [0.25, 0.3) is 0 Å². The minimum absolute atomic E-state index is 0.126. The molecule has 0 unspecified atom stereocenters. The number of carbonyl (C=O) groups excluding carboxylic acids is 2. The molecule has 9 heteroatoms. The van der Waals surface area contributed by atoms with E-state index in [-0.39, 0.29) is 10.8 Å². The number of benzene rings is 2. The molecule has 0 saturated heterocycles. The van der Waals surface area contributed by atoms with Crippen LogP contribution in [0.3, 0.4) is 0 Å².